The van der Waals surface area contributed by atoms with Crippen LogP contribution in [0.5, 0.6) is 5.75 Å². The van der Waals surface area contributed by atoms with Gasteiger partial charge in [0.1, 0.15) is 0 Å². The molecule has 0 bridgehead atoms. The number of hydrogen-bond acceptors (Lipinski definition) is 3. The number of rotatable bonds is 3. The summed E-state index contributed by atoms with van der Waals surface area (Å²) in [5.41, 5.74) is 0.580. The van der Waals surface area contributed by atoms with Gasteiger partial charge in [0.05, 0.1) is 6.10 Å². The summed E-state index contributed by atoms with van der Waals surface area (Å²) in [5.74, 6) is -0.848. The van der Waals surface area contributed by atoms with Crippen LogP contribution in [0.2, 0.25) is 0 Å². The van der Waals surface area contributed by atoms with Crippen LogP contribution in [0.3, 0.4) is 0 Å². The van der Waals surface area contributed by atoms with Gasteiger partial charge in [-0.2, -0.15) is 0 Å². The third-order valence-corrected chi connectivity index (χ3v) is 3.35. The predicted octanol–water partition coefficient (Wildman–Crippen LogP) is 1.92. The van der Waals surface area contributed by atoms with Crippen molar-refractivity contribution < 1.29 is 14.6 Å². The highest BCUT2D eigenvalue weighted by atomic mass is 19.1. The Hall–Kier alpha value is -1.13. The quantitative estimate of drug-likeness (QED) is 0.755. The minimum Gasteiger partial charge on any atom is -0.505 e. The highest BCUT2D eigenvalue weighted by molar-refractivity contribution is 5.33. The van der Waals surface area contributed by atoms with Gasteiger partial charge in [-0.25, -0.2) is 4.39 Å². The van der Waals surface area contributed by atoms with Gasteiger partial charge in [0, 0.05) is 18.2 Å². The minimum atomic E-state index is -0.580. The monoisotopic (exact) mass is 239 g/mol. The van der Waals surface area contributed by atoms with Gasteiger partial charge >= 0.3 is 0 Å². The van der Waals surface area contributed by atoms with Gasteiger partial charge in [-0.05, 0) is 31.7 Å². The Morgan fingerprint density at radius 1 is 1.24 bits per heavy atom. The molecular weight excluding hydrogens is 221 g/mol. The molecule has 94 valence electrons. The van der Waals surface area contributed by atoms with E-state index in [0.29, 0.717) is 18.2 Å². The maximum atomic E-state index is 13.1. The van der Waals surface area contributed by atoms with E-state index in [-0.39, 0.29) is 11.9 Å². The van der Waals surface area contributed by atoms with Crippen molar-refractivity contribution in [2.24, 2.45) is 0 Å². The molecule has 0 saturated heterocycles. The van der Waals surface area contributed by atoms with E-state index in [2.05, 4.69) is 5.32 Å². The Morgan fingerprint density at radius 2 is 1.94 bits per heavy atom. The summed E-state index contributed by atoms with van der Waals surface area (Å²) in [6.45, 7) is 0.463. The van der Waals surface area contributed by atoms with Crippen LogP contribution in [0.15, 0.2) is 18.2 Å². The van der Waals surface area contributed by atoms with Gasteiger partial charge < -0.3 is 15.5 Å². The minimum absolute atomic E-state index is 0.171. The van der Waals surface area contributed by atoms with Crippen LogP contribution in [0.1, 0.15) is 31.2 Å². The molecule has 1 aliphatic carbocycles. The molecule has 0 heterocycles. The number of aliphatic hydroxyl groups excluding tert-OH is 1. The Morgan fingerprint density at radius 3 is 2.65 bits per heavy atom. The average Bonchev–Trinajstić information content (AvgIpc) is 2.33. The third kappa shape index (κ3) is 3.17. The van der Waals surface area contributed by atoms with Crippen LogP contribution in [-0.4, -0.2) is 22.4 Å². The number of para-hydroxylation sites is 1. The van der Waals surface area contributed by atoms with E-state index >= 15 is 0 Å². The zero-order valence-corrected chi connectivity index (χ0v) is 9.69. The van der Waals surface area contributed by atoms with Gasteiger partial charge in [0.25, 0.3) is 0 Å². The van der Waals surface area contributed by atoms with E-state index in [0.717, 1.165) is 25.7 Å². The summed E-state index contributed by atoms with van der Waals surface area (Å²) in [6, 6.07) is 4.90. The molecular formula is C13H18FNO2. The second kappa shape index (κ2) is 5.47. The van der Waals surface area contributed by atoms with E-state index < -0.39 is 5.82 Å². The Balaban J connectivity index is 1.87. The van der Waals surface area contributed by atoms with Crippen LogP contribution in [0, 0.1) is 5.82 Å². The van der Waals surface area contributed by atoms with Crippen LogP contribution in [0.25, 0.3) is 0 Å². The van der Waals surface area contributed by atoms with Crippen molar-refractivity contribution >= 4 is 0 Å². The van der Waals surface area contributed by atoms with Gasteiger partial charge in [-0.3, -0.25) is 0 Å². The first kappa shape index (κ1) is 12.3. The molecule has 1 fully saturated rings. The largest absolute Gasteiger partial charge is 0.505 e. The molecule has 0 aromatic heterocycles. The molecule has 3 nitrogen and oxygen atoms in total. The summed E-state index contributed by atoms with van der Waals surface area (Å²) in [6.07, 6.45) is 3.31. The molecule has 1 aromatic carbocycles. The van der Waals surface area contributed by atoms with Crippen LogP contribution >= 0.6 is 0 Å². The Bertz CT molecular complexity index is 376. The van der Waals surface area contributed by atoms with E-state index in [1.165, 1.54) is 6.07 Å². The number of nitrogens with one attached hydrogen (secondary N) is 1. The lowest BCUT2D eigenvalue weighted by Crippen LogP contribution is -2.34. The molecule has 0 atom stereocenters. The lowest BCUT2D eigenvalue weighted by Gasteiger charge is -2.26. The number of benzene rings is 1. The number of halogens is 1. The molecule has 4 heteroatoms. The average molecular weight is 239 g/mol. The molecule has 17 heavy (non-hydrogen) atoms. The zero-order chi connectivity index (χ0) is 12.3. The van der Waals surface area contributed by atoms with Crippen LogP contribution < -0.4 is 5.32 Å². The fraction of sp³-hybridized carbons (Fsp3) is 0.538. The van der Waals surface area contributed by atoms with Crippen molar-refractivity contribution in [1.82, 2.24) is 5.32 Å². The SMILES string of the molecule is Oc1c(F)cccc1CNC1CCC(O)CC1. The van der Waals surface area contributed by atoms with Crippen molar-refractivity contribution in [2.75, 3.05) is 0 Å². The molecule has 0 amide bonds. The number of phenolic OH excluding ortho intramolecular Hbond substituents is 1. The molecule has 0 spiro atoms. The normalized spacial score (nSPS) is 24.8. The fourth-order valence-corrected chi connectivity index (χ4v) is 2.24. The molecule has 3 N–H and O–H groups in total. The third-order valence-electron chi connectivity index (χ3n) is 3.35. The Labute approximate surface area is 100 Å². The molecule has 1 aromatic rings. The molecule has 0 aliphatic heterocycles. The molecule has 1 aliphatic rings. The number of hydrogen-bond donors (Lipinski definition) is 3. The first-order chi connectivity index (χ1) is 8.16. The molecule has 0 unspecified atom stereocenters. The molecule has 1 saturated carbocycles. The van der Waals surface area contributed by atoms with Crippen molar-refractivity contribution in [3.8, 4) is 5.75 Å². The van der Waals surface area contributed by atoms with E-state index in [9.17, 15) is 14.6 Å². The topological polar surface area (TPSA) is 52.5 Å². The summed E-state index contributed by atoms with van der Waals surface area (Å²) >= 11 is 0. The van der Waals surface area contributed by atoms with Gasteiger partial charge in [-0.1, -0.05) is 12.1 Å². The predicted molar refractivity (Wildman–Crippen MR) is 63.2 cm³/mol. The van der Waals surface area contributed by atoms with E-state index in [1.807, 2.05) is 0 Å². The molecule has 0 radical (unpaired) electrons. The highest BCUT2D eigenvalue weighted by Crippen LogP contribution is 2.22. The zero-order valence-electron chi connectivity index (χ0n) is 9.69. The Kier molecular flexibility index (Phi) is 3.97. The second-order valence-electron chi connectivity index (χ2n) is 4.63. The van der Waals surface area contributed by atoms with Crippen LogP contribution in [0.4, 0.5) is 4.39 Å². The van der Waals surface area contributed by atoms with Gasteiger partial charge in [0.15, 0.2) is 11.6 Å². The van der Waals surface area contributed by atoms with E-state index in [4.69, 9.17) is 0 Å². The van der Waals surface area contributed by atoms with Crippen molar-refractivity contribution in [1.29, 1.82) is 0 Å². The smallest absolute Gasteiger partial charge is 0.165 e. The maximum absolute atomic E-state index is 13.1. The maximum Gasteiger partial charge on any atom is 0.165 e. The van der Waals surface area contributed by atoms with E-state index in [1.54, 1.807) is 12.1 Å². The summed E-state index contributed by atoms with van der Waals surface area (Å²) in [5, 5.41) is 22.2. The first-order valence-corrected chi connectivity index (χ1v) is 6.04. The van der Waals surface area contributed by atoms with Crippen LogP contribution in [-0.2, 0) is 6.54 Å². The van der Waals surface area contributed by atoms with Crippen molar-refractivity contribution in [3.63, 3.8) is 0 Å². The highest BCUT2D eigenvalue weighted by Gasteiger charge is 2.19. The standard InChI is InChI=1S/C13H18FNO2/c14-12-3-1-2-9(13(12)17)8-15-10-4-6-11(16)7-5-10/h1-3,10-11,15-17H,4-8H2. The fourth-order valence-electron chi connectivity index (χ4n) is 2.24. The lowest BCUT2D eigenvalue weighted by molar-refractivity contribution is 0.116. The summed E-state index contributed by atoms with van der Waals surface area (Å²) in [7, 11) is 0. The summed E-state index contributed by atoms with van der Waals surface area (Å²) in [4.78, 5) is 0. The van der Waals surface area contributed by atoms with Crippen molar-refractivity contribution in [3.05, 3.63) is 29.6 Å². The summed E-state index contributed by atoms with van der Waals surface area (Å²) < 4.78 is 13.1. The number of aliphatic hydroxyl groups is 1. The second-order valence-corrected chi connectivity index (χ2v) is 4.63. The van der Waals surface area contributed by atoms with Gasteiger partial charge in [0.2, 0.25) is 0 Å². The first-order valence-electron chi connectivity index (χ1n) is 6.04. The lowest BCUT2D eigenvalue weighted by atomic mass is 9.93. The molecule has 2 rings (SSSR count). The van der Waals surface area contributed by atoms with Crippen molar-refractivity contribution in [2.45, 2.75) is 44.4 Å². The number of phenols is 1. The number of aromatic hydroxyl groups is 1. The van der Waals surface area contributed by atoms with Gasteiger partial charge in [-0.15, -0.1) is 0 Å².